The third-order valence-electron chi connectivity index (χ3n) is 3.00. The number of hydrogen-bond acceptors (Lipinski definition) is 3. The highest BCUT2D eigenvalue weighted by Crippen LogP contribution is 2.18. The van der Waals surface area contributed by atoms with Crippen LogP contribution in [0, 0.1) is 0 Å². The maximum absolute atomic E-state index is 12.3. The maximum Gasteiger partial charge on any atom is 0.203 e. The summed E-state index contributed by atoms with van der Waals surface area (Å²) in [5.74, 6) is 0.544. The molecule has 1 atom stereocenters. The van der Waals surface area contributed by atoms with Crippen molar-refractivity contribution in [2.45, 2.75) is 19.6 Å². The average molecular weight is 305 g/mol. The molecule has 0 fully saturated rings. The van der Waals surface area contributed by atoms with Gasteiger partial charge in [0.1, 0.15) is 5.75 Å². The van der Waals surface area contributed by atoms with Gasteiger partial charge in [-0.25, -0.2) is 0 Å². The van der Waals surface area contributed by atoms with Gasteiger partial charge < -0.3 is 9.47 Å². The fourth-order valence-electron chi connectivity index (χ4n) is 2.01. The molecule has 0 bridgehead atoms. The SMILES string of the molecule is COCc1cccc(OC(C)C(=O)c2cccc(Cl)c2)c1. The van der Waals surface area contributed by atoms with Gasteiger partial charge in [0, 0.05) is 17.7 Å². The fourth-order valence-corrected chi connectivity index (χ4v) is 2.20. The van der Waals surface area contributed by atoms with E-state index in [0.717, 1.165) is 5.56 Å². The second-order valence-electron chi connectivity index (χ2n) is 4.72. The normalized spacial score (nSPS) is 12.0. The molecule has 0 radical (unpaired) electrons. The summed E-state index contributed by atoms with van der Waals surface area (Å²) in [4.78, 5) is 12.3. The molecule has 0 saturated carbocycles. The molecule has 1 unspecified atom stereocenters. The Morgan fingerprint density at radius 3 is 2.67 bits per heavy atom. The fraction of sp³-hybridized carbons (Fsp3) is 0.235. The Bertz CT molecular complexity index is 625. The smallest absolute Gasteiger partial charge is 0.203 e. The van der Waals surface area contributed by atoms with Crippen LogP contribution in [0.1, 0.15) is 22.8 Å². The number of halogens is 1. The van der Waals surface area contributed by atoms with Crippen molar-refractivity contribution in [1.82, 2.24) is 0 Å². The van der Waals surface area contributed by atoms with Crippen LogP contribution in [-0.4, -0.2) is 19.0 Å². The predicted octanol–water partition coefficient (Wildman–Crippen LogP) is 4.14. The molecule has 0 N–H and O–H groups in total. The molecule has 0 aliphatic carbocycles. The van der Waals surface area contributed by atoms with Crippen LogP contribution in [0.3, 0.4) is 0 Å². The second-order valence-corrected chi connectivity index (χ2v) is 5.15. The zero-order valence-corrected chi connectivity index (χ0v) is 12.8. The first-order chi connectivity index (χ1) is 10.1. The highest BCUT2D eigenvalue weighted by molar-refractivity contribution is 6.31. The van der Waals surface area contributed by atoms with Gasteiger partial charge in [-0.3, -0.25) is 4.79 Å². The molecule has 0 aliphatic rings. The lowest BCUT2D eigenvalue weighted by molar-refractivity contribution is 0.0817. The summed E-state index contributed by atoms with van der Waals surface area (Å²) in [5, 5.41) is 0.537. The van der Waals surface area contributed by atoms with Gasteiger partial charge in [0.15, 0.2) is 6.10 Å². The maximum atomic E-state index is 12.3. The standard InChI is InChI=1S/C17H17ClO3/c1-12(17(19)14-6-4-7-15(18)10-14)21-16-8-3-5-13(9-16)11-20-2/h3-10,12H,11H2,1-2H3. The first kappa shape index (κ1) is 15.5. The average Bonchev–Trinajstić information content (AvgIpc) is 2.47. The molecule has 2 aromatic rings. The van der Waals surface area contributed by atoms with Gasteiger partial charge in [0.05, 0.1) is 6.61 Å². The molecule has 0 aromatic heterocycles. The quantitative estimate of drug-likeness (QED) is 0.753. The van der Waals surface area contributed by atoms with Crippen LogP contribution in [0.4, 0.5) is 0 Å². The molecule has 0 spiro atoms. The first-order valence-electron chi connectivity index (χ1n) is 6.64. The van der Waals surface area contributed by atoms with E-state index >= 15 is 0 Å². The van der Waals surface area contributed by atoms with Gasteiger partial charge >= 0.3 is 0 Å². The van der Waals surface area contributed by atoms with Crippen molar-refractivity contribution >= 4 is 17.4 Å². The van der Waals surface area contributed by atoms with Crippen molar-refractivity contribution < 1.29 is 14.3 Å². The number of Topliss-reactive ketones (excluding diaryl/α,β-unsaturated/α-hetero) is 1. The first-order valence-corrected chi connectivity index (χ1v) is 7.02. The van der Waals surface area contributed by atoms with Crippen molar-refractivity contribution in [3.8, 4) is 5.75 Å². The summed E-state index contributed by atoms with van der Waals surface area (Å²) in [6.07, 6.45) is -0.582. The molecule has 4 heteroatoms. The number of carbonyl (C=O) groups is 1. The zero-order valence-electron chi connectivity index (χ0n) is 12.0. The summed E-state index contributed by atoms with van der Waals surface area (Å²) in [7, 11) is 1.64. The topological polar surface area (TPSA) is 35.5 Å². The number of ether oxygens (including phenoxy) is 2. The minimum atomic E-state index is -0.582. The summed E-state index contributed by atoms with van der Waals surface area (Å²) < 4.78 is 10.8. The predicted molar refractivity (Wildman–Crippen MR) is 83.0 cm³/mol. The molecule has 0 saturated heterocycles. The van der Waals surface area contributed by atoms with Gasteiger partial charge in [-0.1, -0.05) is 35.9 Å². The minimum Gasteiger partial charge on any atom is -0.483 e. The largest absolute Gasteiger partial charge is 0.483 e. The molecule has 21 heavy (non-hydrogen) atoms. The van der Waals surface area contributed by atoms with E-state index in [4.69, 9.17) is 21.1 Å². The zero-order chi connectivity index (χ0) is 15.2. The number of ketones is 1. The Balaban J connectivity index is 2.08. The Labute approximate surface area is 129 Å². The summed E-state index contributed by atoms with van der Waals surface area (Å²) in [6, 6.07) is 14.4. The van der Waals surface area contributed by atoms with Crippen molar-refractivity contribution in [2.24, 2.45) is 0 Å². The monoisotopic (exact) mass is 304 g/mol. The Kier molecular flexibility index (Phi) is 5.37. The van der Waals surface area contributed by atoms with Gasteiger partial charge in [-0.15, -0.1) is 0 Å². The lowest BCUT2D eigenvalue weighted by atomic mass is 10.1. The Hall–Kier alpha value is -1.84. The number of methoxy groups -OCH3 is 1. The van der Waals surface area contributed by atoms with Crippen molar-refractivity contribution in [3.63, 3.8) is 0 Å². The molecular formula is C17H17ClO3. The number of benzene rings is 2. The third-order valence-corrected chi connectivity index (χ3v) is 3.24. The summed E-state index contributed by atoms with van der Waals surface area (Å²) in [6.45, 7) is 2.24. The molecule has 0 aliphatic heterocycles. The number of hydrogen-bond donors (Lipinski definition) is 0. The summed E-state index contributed by atoms with van der Waals surface area (Å²) >= 11 is 5.90. The van der Waals surface area contributed by atoms with Crippen LogP contribution >= 0.6 is 11.6 Å². The van der Waals surface area contributed by atoms with E-state index in [1.165, 1.54) is 0 Å². The number of rotatable bonds is 6. The third kappa shape index (κ3) is 4.31. The molecular weight excluding hydrogens is 288 g/mol. The van der Waals surface area contributed by atoms with Crippen LogP contribution in [0.15, 0.2) is 48.5 Å². The van der Waals surface area contributed by atoms with Gasteiger partial charge in [-0.05, 0) is 36.8 Å². The van der Waals surface area contributed by atoms with Crippen LogP contribution in [-0.2, 0) is 11.3 Å². The van der Waals surface area contributed by atoms with E-state index in [2.05, 4.69) is 0 Å². The highest BCUT2D eigenvalue weighted by atomic mass is 35.5. The lowest BCUT2D eigenvalue weighted by Crippen LogP contribution is -2.23. The van der Waals surface area contributed by atoms with E-state index in [-0.39, 0.29) is 5.78 Å². The van der Waals surface area contributed by atoms with Crippen molar-refractivity contribution in [2.75, 3.05) is 7.11 Å². The lowest BCUT2D eigenvalue weighted by Gasteiger charge is -2.14. The van der Waals surface area contributed by atoms with E-state index in [1.807, 2.05) is 24.3 Å². The van der Waals surface area contributed by atoms with Crippen LogP contribution in [0.5, 0.6) is 5.75 Å². The van der Waals surface area contributed by atoms with Gasteiger partial charge in [0.2, 0.25) is 5.78 Å². The number of carbonyl (C=O) groups excluding carboxylic acids is 1. The van der Waals surface area contributed by atoms with Crippen molar-refractivity contribution in [3.05, 3.63) is 64.7 Å². The molecule has 3 nitrogen and oxygen atoms in total. The molecule has 2 rings (SSSR count). The van der Waals surface area contributed by atoms with E-state index in [9.17, 15) is 4.79 Å². The van der Waals surface area contributed by atoms with Crippen LogP contribution in [0.2, 0.25) is 5.02 Å². The molecule has 110 valence electrons. The van der Waals surface area contributed by atoms with Crippen LogP contribution < -0.4 is 4.74 Å². The summed E-state index contributed by atoms with van der Waals surface area (Å²) in [5.41, 5.74) is 1.54. The van der Waals surface area contributed by atoms with Crippen molar-refractivity contribution in [1.29, 1.82) is 0 Å². The van der Waals surface area contributed by atoms with E-state index in [0.29, 0.717) is 22.9 Å². The molecule has 0 heterocycles. The van der Waals surface area contributed by atoms with Crippen LogP contribution in [0.25, 0.3) is 0 Å². The Morgan fingerprint density at radius 2 is 1.95 bits per heavy atom. The second kappa shape index (κ2) is 7.25. The minimum absolute atomic E-state index is 0.102. The van der Waals surface area contributed by atoms with E-state index in [1.54, 1.807) is 38.3 Å². The highest BCUT2D eigenvalue weighted by Gasteiger charge is 2.17. The molecule has 2 aromatic carbocycles. The molecule has 0 amide bonds. The Morgan fingerprint density at radius 1 is 1.19 bits per heavy atom. The van der Waals surface area contributed by atoms with Gasteiger partial charge in [0.25, 0.3) is 0 Å². The van der Waals surface area contributed by atoms with Gasteiger partial charge in [-0.2, -0.15) is 0 Å². The van der Waals surface area contributed by atoms with E-state index < -0.39 is 6.10 Å².